The molecule has 180 valence electrons. The smallest absolute Gasteiger partial charge is 0.411 e. The Morgan fingerprint density at radius 1 is 1.00 bits per heavy atom. The summed E-state index contributed by atoms with van der Waals surface area (Å²) in [6, 6.07) is 17.8. The van der Waals surface area contributed by atoms with Crippen LogP contribution in [0.2, 0.25) is 0 Å². The number of hydrogen-bond donors (Lipinski definition) is 3. The molecule has 0 bridgehead atoms. The molecule has 0 radical (unpaired) electrons. The molecule has 1 aliphatic rings. The van der Waals surface area contributed by atoms with Gasteiger partial charge >= 0.3 is 12.1 Å². The first-order chi connectivity index (χ1) is 16.9. The van der Waals surface area contributed by atoms with Gasteiger partial charge in [-0.1, -0.05) is 48.5 Å². The van der Waals surface area contributed by atoms with Crippen molar-refractivity contribution in [3.05, 3.63) is 83.7 Å². The number of carbonyl (C=O) groups is 3. The largest absolute Gasteiger partial charge is 0.480 e. The Balaban J connectivity index is 1.36. The fourth-order valence-electron chi connectivity index (χ4n) is 4.09. The van der Waals surface area contributed by atoms with Crippen molar-refractivity contribution in [3.63, 3.8) is 0 Å². The van der Waals surface area contributed by atoms with Gasteiger partial charge in [0, 0.05) is 13.0 Å². The summed E-state index contributed by atoms with van der Waals surface area (Å²) in [6.45, 7) is 1.70. The van der Waals surface area contributed by atoms with Crippen LogP contribution >= 0.6 is 0 Å². The summed E-state index contributed by atoms with van der Waals surface area (Å²) in [7, 11) is 1.36. The molecule has 3 aromatic rings. The third-order valence-corrected chi connectivity index (χ3v) is 5.98. The van der Waals surface area contributed by atoms with Gasteiger partial charge in [-0.15, -0.1) is 0 Å². The first kappa shape index (κ1) is 23.9. The molecular formula is C26H25N3O6. The van der Waals surface area contributed by atoms with Gasteiger partial charge in [-0.2, -0.15) is 0 Å². The summed E-state index contributed by atoms with van der Waals surface area (Å²) in [5.41, 5.74) is 4.83. The molecule has 0 saturated heterocycles. The molecule has 1 aromatic heterocycles. The van der Waals surface area contributed by atoms with Crippen LogP contribution in [0.15, 0.2) is 66.9 Å². The lowest BCUT2D eigenvalue weighted by atomic mass is 9.98. The van der Waals surface area contributed by atoms with E-state index in [0.717, 1.165) is 22.3 Å². The number of ether oxygens (including phenoxy) is 2. The second kappa shape index (κ2) is 10.4. The maximum atomic E-state index is 12.4. The highest BCUT2D eigenvalue weighted by molar-refractivity contribution is 5.95. The van der Waals surface area contributed by atoms with Gasteiger partial charge in [0.1, 0.15) is 12.3 Å². The molecule has 0 saturated carbocycles. The normalized spacial score (nSPS) is 13.8. The highest BCUT2D eigenvalue weighted by Gasteiger charge is 2.29. The van der Waals surface area contributed by atoms with Crippen molar-refractivity contribution in [2.75, 3.05) is 19.0 Å². The standard InChI is InChI=1S/C26H25N3O6/c1-15(34-2)23(25(31)32)29-24(30)22-12-11-16(13-27-22)28-26(33)35-14-21-19-9-5-3-7-17(19)18-8-4-6-10-20(18)21/h3-13,15,21,23H,14H2,1-2H3,(H,28,33)(H,29,30)(H,31,32). The van der Waals surface area contributed by atoms with Crippen LogP contribution in [0.5, 0.6) is 0 Å². The van der Waals surface area contributed by atoms with E-state index in [2.05, 4.69) is 27.8 Å². The molecule has 2 amide bonds. The highest BCUT2D eigenvalue weighted by atomic mass is 16.5. The van der Waals surface area contributed by atoms with E-state index in [0.29, 0.717) is 5.69 Å². The van der Waals surface area contributed by atoms with Gasteiger partial charge < -0.3 is 19.9 Å². The number of benzene rings is 2. The molecule has 0 spiro atoms. The molecule has 2 unspecified atom stereocenters. The van der Waals surface area contributed by atoms with Crippen LogP contribution in [-0.4, -0.2) is 53.9 Å². The van der Waals surface area contributed by atoms with E-state index < -0.39 is 30.1 Å². The number of nitrogens with one attached hydrogen (secondary N) is 2. The second-order valence-electron chi connectivity index (χ2n) is 8.11. The van der Waals surface area contributed by atoms with Crippen LogP contribution in [0.3, 0.4) is 0 Å². The van der Waals surface area contributed by atoms with Crippen molar-refractivity contribution in [3.8, 4) is 11.1 Å². The Kier molecular flexibility index (Phi) is 7.07. The SMILES string of the molecule is COC(C)C(NC(=O)c1ccc(NC(=O)OCC2c3ccccc3-c3ccccc32)cn1)C(=O)O. The van der Waals surface area contributed by atoms with Gasteiger partial charge in [-0.25, -0.2) is 14.6 Å². The second-order valence-corrected chi connectivity index (χ2v) is 8.11. The zero-order valence-corrected chi connectivity index (χ0v) is 19.2. The minimum atomic E-state index is -1.23. The molecule has 4 rings (SSSR count). The molecule has 35 heavy (non-hydrogen) atoms. The van der Waals surface area contributed by atoms with E-state index in [1.165, 1.54) is 32.4 Å². The summed E-state index contributed by atoms with van der Waals surface area (Å²) in [4.78, 5) is 40.1. The molecule has 0 aliphatic heterocycles. The van der Waals surface area contributed by atoms with E-state index in [4.69, 9.17) is 9.47 Å². The van der Waals surface area contributed by atoms with Crippen LogP contribution in [0.4, 0.5) is 10.5 Å². The van der Waals surface area contributed by atoms with Crippen molar-refractivity contribution >= 4 is 23.7 Å². The number of carboxylic acids is 1. The Bertz CT molecular complexity index is 1200. The Morgan fingerprint density at radius 3 is 2.17 bits per heavy atom. The van der Waals surface area contributed by atoms with Crippen molar-refractivity contribution in [2.45, 2.75) is 25.0 Å². The molecular weight excluding hydrogens is 450 g/mol. The number of hydrogen-bond acceptors (Lipinski definition) is 6. The van der Waals surface area contributed by atoms with Gasteiger partial charge in [0.25, 0.3) is 5.91 Å². The third-order valence-electron chi connectivity index (χ3n) is 5.98. The van der Waals surface area contributed by atoms with E-state index in [1.54, 1.807) is 0 Å². The first-order valence-electron chi connectivity index (χ1n) is 11.0. The van der Waals surface area contributed by atoms with Crippen LogP contribution in [0.25, 0.3) is 11.1 Å². The Labute approximate surface area is 202 Å². The molecule has 2 aromatic carbocycles. The van der Waals surface area contributed by atoms with E-state index in [1.807, 2.05) is 36.4 Å². The Morgan fingerprint density at radius 2 is 1.63 bits per heavy atom. The first-order valence-corrected chi connectivity index (χ1v) is 11.0. The summed E-state index contributed by atoms with van der Waals surface area (Å²) in [5, 5.41) is 14.2. The lowest BCUT2D eigenvalue weighted by molar-refractivity contribution is -0.142. The topological polar surface area (TPSA) is 127 Å². The molecule has 9 heteroatoms. The molecule has 0 fully saturated rings. The number of fused-ring (bicyclic) bond motifs is 3. The van der Waals surface area contributed by atoms with Crippen LogP contribution in [0.1, 0.15) is 34.5 Å². The average Bonchev–Trinajstić information content (AvgIpc) is 3.19. The number of methoxy groups -OCH3 is 1. The maximum absolute atomic E-state index is 12.4. The Hall–Kier alpha value is -4.24. The van der Waals surface area contributed by atoms with E-state index in [9.17, 15) is 19.5 Å². The summed E-state index contributed by atoms with van der Waals surface area (Å²) in [6.07, 6.45) is -0.0806. The highest BCUT2D eigenvalue weighted by Crippen LogP contribution is 2.44. The number of carbonyl (C=O) groups excluding carboxylic acids is 2. The third kappa shape index (κ3) is 5.15. The minimum Gasteiger partial charge on any atom is -0.480 e. The molecule has 3 N–H and O–H groups in total. The van der Waals surface area contributed by atoms with Gasteiger partial charge in [0.2, 0.25) is 0 Å². The van der Waals surface area contributed by atoms with Gasteiger partial charge in [-0.05, 0) is 41.3 Å². The average molecular weight is 476 g/mol. The summed E-state index contributed by atoms with van der Waals surface area (Å²) >= 11 is 0. The number of amides is 2. The van der Waals surface area contributed by atoms with Gasteiger partial charge in [0.05, 0.1) is 18.0 Å². The number of rotatable bonds is 8. The van der Waals surface area contributed by atoms with Crippen molar-refractivity contribution in [2.24, 2.45) is 0 Å². The van der Waals surface area contributed by atoms with Crippen LogP contribution < -0.4 is 10.6 Å². The predicted molar refractivity (Wildman–Crippen MR) is 128 cm³/mol. The summed E-state index contributed by atoms with van der Waals surface area (Å²) < 4.78 is 10.5. The molecule has 1 aliphatic carbocycles. The fraction of sp³-hybridized carbons (Fsp3) is 0.231. The number of carboxylic acid groups (broad SMARTS) is 1. The van der Waals surface area contributed by atoms with Crippen LogP contribution in [-0.2, 0) is 14.3 Å². The van der Waals surface area contributed by atoms with Gasteiger partial charge in [-0.3, -0.25) is 10.1 Å². The number of aliphatic carboxylic acids is 1. The van der Waals surface area contributed by atoms with Crippen molar-refractivity contribution in [1.29, 1.82) is 0 Å². The number of anilines is 1. The number of aromatic nitrogens is 1. The lowest BCUT2D eigenvalue weighted by Gasteiger charge is -2.19. The minimum absolute atomic E-state index is 0.00219. The quantitative estimate of drug-likeness (QED) is 0.454. The molecule has 9 nitrogen and oxygen atoms in total. The van der Waals surface area contributed by atoms with Crippen molar-refractivity contribution in [1.82, 2.24) is 10.3 Å². The molecule has 1 heterocycles. The van der Waals surface area contributed by atoms with Crippen LogP contribution in [0, 0.1) is 0 Å². The summed E-state index contributed by atoms with van der Waals surface area (Å²) in [5.74, 6) is -1.95. The van der Waals surface area contributed by atoms with E-state index in [-0.39, 0.29) is 18.2 Å². The monoisotopic (exact) mass is 475 g/mol. The number of pyridine rings is 1. The maximum Gasteiger partial charge on any atom is 0.411 e. The molecule has 2 atom stereocenters. The van der Waals surface area contributed by atoms with Crippen molar-refractivity contribution < 1.29 is 29.0 Å². The zero-order valence-electron chi connectivity index (χ0n) is 19.2. The predicted octanol–water partition coefficient (Wildman–Crippen LogP) is 3.66. The number of nitrogens with zero attached hydrogens (tertiary/aromatic N) is 1. The fourth-order valence-corrected chi connectivity index (χ4v) is 4.09. The zero-order chi connectivity index (χ0) is 24.9. The van der Waals surface area contributed by atoms with E-state index >= 15 is 0 Å². The van der Waals surface area contributed by atoms with Gasteiger partial charge in [0.15, 0.2) is 6.04 Å². The lowest BCUT2D eigenvalue weighted by Crippen LogP contribution is -2.48.